The van der Waals surface area contributed by atoms with E-state index < -0.39 is 11.6 Å². The predicted octanol–water partition coefficient (Wildman–Crippen LogP) is 3.79. The Kier molecular flexibility index (Phi) is 5.14. The van der Waals surface area contributed by atoms with Gasteiger partial charge in [-0.05, 0) is 51.7 Å². The van der Waals surface area contributed by atoms with E-state index in [1.165, 1.54) is 18.6 Å². The van der Waals surface area contributed by atoms with Gasteiger partial charge in [0, 0.05) is 43.7 Å². The highest BCUT2D eigenvalue weighted by Gasteiger charge is 2.44. The van der Waals surface area contributed by atoms with Gasteiger partial charge < -0.3 is 4.90 Å². The summed E-state index contributed by atoms with van der Waals surface area (Å²) in [7, 11) is 0. The van der Waals surface area contributed by atoms with Gasteiger partial charge in [0.2, 0.25) is 5.91 Å². The van der Waals surface area contributed by atoms with Crippen LogP contribution in [-0.2, 0) is 4.79 Å². The van der Waals surface area contributed by atoms with Crippen LogP contribution in [0.4, 0.5) is 8.78 Å². The summed E-state index contributed by atoms with van der Waals surface area (Å²) in [5, 5.41) is 0. The quantitative estimate of drug-likeness (QED) is 0.810. The molecule has 0 saturated carbocycles. The molecule has 1 aromatic carbocycles. The van der Waals surface area contributed by atoms with E-state index >= 15 is 0 Å². The molecule has 3 nitrogen and oxygen atoms in total. The van der Waals surface area contributed by atoms with Crippen molar-refractivity contribution in [3.63, 3.8) is 0 Å². The maximum absolute atomic E-state index is 14.4. The Balaban J connectivity index is 1.90. The summed E-state index contributed by atoms with van der Waals surface area (Å²) < 4.78 is 27.7. The first-order chi connectivity index (χ1) is 11.8. The molecule has 3 rings (SSSR count). The number of amides is 1. The largest absolute Gasteiger partial charge is 0.342 e. The third-order valence-electron chi connectivity index (χ3n) is 5.62. The summed E-state index contributed by atoms with van der Waals surface area (Å²) in [5.74, 6) is -1.49. The van der Waals surface area contributed by atoms with E-state index in [1.807, 2.05) is 4.90 Å². The molecule has 0 spiro atoms. The van der Waals surface area contributed by atoms with Gasteiger partial charge in [-0.3, -0.25) is 9.69 Å². The molecule has 2 unspecified atom stereocenters. The molecule has 0 bridgehead atoms. The standard InChI is InChI=1S/C20H28F2N2O/c1-20(2,3)24-12-16(15-8-7-14(21)11-18(15)22)17(13-24)19(25)23-9-5-4-6-10-23/h7-8,11,16-17H,4-6,9-10,12-13H2,1-3H3. The number of carbonyl (C=O) groups is 1. The van der Waals surface area contributed by atoms with Gasteiger partial charge in [0.25, 0.3) is 0 Å². The van der Waals surface area contributed by atoms with Crippen molar-refractivity contribution in [3.05, 3.63) is 35.4 Å². The summed E-state index contributed by atoms with van der Waals surface area (Å²) in [5.41, 5.74) is 0.370. The number of hydrogen-bond acceptors (Lipinski definition) is 2. The molecule has 138 valence electrons. The molecule has 2 saturated heterocycles. The van der Waals surface area contributed by atoms with E-state index in [1.54, 1.807) is 0 Å². The maximum atomic E-state index is 14.4. The lowest BCUT2D eigenvalue weighted by Crippen LogP contribution is -2.43. The number of rotatable bonds is 2. The van der Waals surface area contributed by atoms with Gasteiger partial charge in [-0.1, -0.05) is 6.07 Å². The normalized spacial score (nSPS) is 25.4. The third-order valence-corrected chi connectivity index (χ3v) is 5.62. The summed E-state index contributed by atoms with van der Waals surface area (Å²) >= 11 is 0. The lowest BCUT2D eigenvalue weighted by molar-refractivity contribution is -0.136. The molecule has 2 aliphatic heterocycles. The van der Waals surface area contributed by atoms with Crippen LogP contribution in [-0.4, -0.2) is 47.4 Å². The van der Waals surface area contributed by atoms with E-state index in [-0.39, 0.29) is 23.3 Å². The minimum Gasteiger partial charge on any atom is -0.342 e. The third kappa shape index (κ3) is 3.86. The van der Waals surface area contributed by atoms with Gasteiger partial charge in [0.1, 0.15) is 11.6 Å². The summed E-state index contributed by atoms with van der Waals surface area (Å²) in [6, 6.07) is 3.73. The van der Waals surface area contributed by atoms with Crippen LogP contribution in [0.1, 0.15) is 51.5 Å². The Labute approximate surface area is 149 Å². The second-order valence-corrected chi connectivity index (χ2v) is 8.34. The van der Waals surface area contributed by atoms with Gasteiger partial charge in [0.15, 0.2) is 0 Å². The van der Waals surface area contributed by atoms with E-state index in [0.29, 0.717) is 18.7 Å². The molecule has 25 heavy (non-hydrogen) atoms. The number of likely N-dealkylation sites (tertiary alicyclic amines) is 2. The number of carbonyl (C=O) groups excluding carboxylic acids is 1. The van der Waals surface area contributed by atoms with Crippen molar-refractivity contribution in [1.29, 1.82) is 0 Å². The minimum atomic E-state index is -0.578. The van der Waals surface area contributed by atoms with E-state index in [4.69, 9.17) is 0 Å². The number of piperidine rings is 1. The topological polar surface area (TPSA) is 23.6 Å². The number of hydrogen-bond donors (Lipinski definition) is 0. The van der Waals surface area contributed by atoms with Crippen LogP contribution in [0.2, 0.25) is 0 Å². The predicted molar refractivity (Wildman–Crippen MR) is 94.3 cm³/mol. The Morgan fingerprint density at radius 1 is 1.08 bits per heavy atom. The summed E-state index contributed by atoms with van der Waals surface area (Å²) in [6.45, 7) is 9.17. The molecule has 0 radical (unpaired) electrons. The fourth-order valence-corrected chi connectivity index (χ4v) is 4.07. The Hall–Kier alpha value is -1.49. The Morgan fingerprint density at radius 2 is 1.76 bits per heavy atom. The van der Waals surface area contributed by atoms with Crippen LogP contribution < -0.4 is 0 Å². The molecule has 0 N–H and O–H groups in total. The summed E-state index contributed by atoms with van der Waals surface area (Å²) in [6.07, 6.45) is 3.24. The van der Waals surface area contributed by atoms with Gasteiger partial charge in [-0.15, -0.1) is 0 Å². The minimum absolute atomic E-state index is 0.0916. The molecule has 1 aromatic rings. The number of nitrogens with zero attached hydrogens (tertiary/aromatic N) is 2. The van der Waals surface area contributed by atoms with Crippen molar-refractivity contribution in [2.45, 2.75) is 51.5 Å². The molecular formula is C20H28F2N2O. The van der Waals surface area contributed by atoms with Crippen molar-refractivity contribution < 1.29 is 13.6 Å². The molecule has 2 aliphatic rings. The molecule has 0 aliphatic carbocycles. The molecular weight excluding hydrogens is 322 g/mol. The van der Waals surface area contributed by atoms with Crippen LogP contribution >= 0.6 is 0 Å². The highest BCUT2D eigenvalue weighted by molar-refractivity contribution is 5.80. The van der Waals surface area contributed by atoms with Gasteiger partial charge in [0.05, 0.1) is 5.92 Å². The van der Waals surface area contributed by atoms with Crippen LogP contribution in [0.25, 0.3) is 0 Å². The van der Waals surface area contributed by atoms with E-state index in [2.05, 4.69) is 25.7 Å². The Morgan fingerprint density at radius 3 is 2.36 bits per heavy atom. The van der Waals surface area contributed by atoms with Crippen molar-refractivity contribution >= 4 is 5.91 Å². The molecule has 0 aromatic heterocycles. The number of halogens is 2. The van der Waals surface area contributed by atoms with Gasteiger partial charge in [-0.2, -0.15) is 0 Å². The van der Waals surface area contributed by atoms with Crippen molar-refractivity contribution in [3.8, 4) is 0 Å². The zero-order valence-electron chi connectivity index (χ0n) is 15.4. The first-order valence-electron chi connectivity index (χ1n) is 9.26. The van der Waals surface area contributed by atoms with Crippen molar-refractivity contribution in [1.82, 2.24) is 9.80 Å². The summed E-state index contributed by atoms with van der Waals surface area (Å²) in [4.78, 5) is 17.3. The molecule has 5 heteroatoms. The highest BCUT2D eigenvalue weighted by Crippen LogP contribution is 2.38. The average Bonchev–Trinajstić information content (AvgIpc) is 3.00. The second kappa shape index (κ2) is 7.02. The van der Waals surface area contributed by atoms with Crippen molar-refractivity contribution in [2.24, 2.45) is 5.92 Å². The maximum Gasteiger partial charge on any atom is 0.227 e. The molecule has 1 amide bonds. The zero-order valence-corrected chi connectivity index (χ0v) is 15.4. The van der Waals surface area contributed by atoms with Gasteiger partial charge in [-0.25, -0.2) is 8.78 Å². The molecule has 2 heterocycles. The highest BCUT2D eigenvalue weighted by atomic mass is 19.1. The molecule has 2 atom stereocenters. The lowest BCUT2D eigenvalue weighted by Gasteiger charge is -2.32. The van der Waals surface area contributed by atoms with Crippen molar-refractivity contribution in [2.75, 3.05) is 26.2 Å². The first kappa shape index (κ1) is 18.3. The van der Waals surface area contributed by atoms with E-state index in [0.717, 1.165) is 32.0 Å². The van der Waals surface area contributed by atoms with Crippen LogP contribution in [0.15, 0.2) is 18.2 Å². The fraction of sp³-hybridized carbons (Fsp3) is 0.650. The Bertz CT molecular complexity index is 635. The number of benzene rings is 1. The van der Waals surface area contributed by atoms with Gasteiger partial charge >= 0.3 is 0 Å². The van der Waals surface area contributed by atoms with Crippen LogP contribution in [0, 0.1) is 17.6 Å². The SMILES string of the molecule is CC(C)(C)N1CC(C(=O)N2CCCCC2)C(c2ccc(F)cc2F)C1. The first-order valence-corrected chi connectivity index (χ1v) is 9.26. The van der Waals surface area contributed by atoms with Crippen LogP contribution in [0.3, 0.4) is 0 Å². The molecule has 2 fully saturated rings. The zero-order chi connectivity index (χ0) is 18.2. The smallest absolute Gasteiger partial charge is 0.227 e. The monoisotopic (exact) mass is 350 g/mol. The van der Waals surface area contributed by atoms with E-state index in [9.17, 15) is 13.6 Å². The fourth-order valence-electron chi connectivity index (χ4n) is 4.07. The average molecular weight is 350 g/mol. The lowest BCUT2D eigenvalue weighted by atomic mass is 9.87. The second-order valence-electron chi connectivity index (χ2n) is 8.34. The van der Waals surface area contributed by atoms with Crippen LogP contribution in [0.5, 0.6) is 0 Å².